The molecule has 0 radical (unpaired) electrons. The number of hydrogen-bond donors (Lipinski definition) is 1. The van der Waals surface area contributed by atoms with E-state index in [0.29, 0.717) is 17.8 Å². The summed E-state index contributed by atoms with van der Waals surface area (Å²) < 4.78 is 26.7. The largest absolute Gasteiger partial charge is 0.399 e. The first-order valence-electron chi connectivity index (χ1n) is 6.69. The topological polar surface area (TPSA) is 63.4 Å². The zero-order chi connectivity index (χ0) is 15.6. The highest BCUT2D eigenvalue weighted by Crippen LogP contribution is 2.23. The molecular weight excluding hydrogens is 284 g/mol. The maximum atomic E-state index is 12.7. The Balaban J connectivity index is 2.35. The molecule has 2 N–H and O–H groups in total. The highest BCUT2D eigenvalue weighted by Gasteiger charge is 2.23. The smallest absolute Gasteiger partial charge is 0.243 e. The van der Waals surface area contributed by atoms with Crippen molar-refractivity contribution in [2.45, 2.75) is 25.3 Å². The number of benzene rings is 2. The first-order chi connectivity index (χ1) is 9.82. The molecule has 4 nitrogen and oxygen atoms in total. The molecule has 0 fully saturated rings. The van der Waals surface area contributed by atoms with Crippen LogP contribution in [0.25, 0.3) is 0 Å². The first kappa shape index (κ1) is 15.5. The number of nitrogens with two attached hydrogens (primary N) is 1. The molecule has 0 spiro atoms. The van der Waals surface area contributed by atoms with Gasteiger partial charge in [-0.1, -0.05) is 30.3 Å². The van der Waals surface area contributed by atoms with Gasteiger partial charge in [0.25, 0.3) is 0 Å². The summed E-state index contributed by atoms with van der Waals surface area (Å²) in [5.41, 5.74) is 8.92. The third-order valence-electron chi connectivity index (χ3n) is 3.55. The van der Waals surface area contributed by atoms with Crippen LogP contribution in [0.15, 0.2) is 47.4 Å². The maximum Gasteiger partial charge on any atom is 0.243 e. The summed E-state index contributed by atoms with van der Waals surface area (Å²) in [6.07, 6.45) is 0. The van der Waals surface area contributed by atoms with E-state index in [2.05, 4.69) is 0 Å². The van der Waals surface area contributed by atoms with Crippen molar-refractivity contribution in [1.82, 2.24) is 4.31 Å². The van der Waals surface area contributed by atoms with Gasteiger partial charge in [-0.3, -0.25) is 0 Å². The standard InChI is InChI=1S/C16H20N2O2S/c1-12-6-4-5-7-14(12)11-18(3)21(19,20)16-10-15(17)9-8-13(16)2/h4-10H,11,17H2,1-3H3. The lowest BCUT2D eigenvalue weighted by molar-refractivity contribution is 0.465. The van der Waals surface area contributed by atoms with Crippen LogP contribution in [-0.4, -0.2) is 19.8 Å². The lowest BCUT2D eigenvalue weighted by Gasteiger charge is -2.20. The fourth-order valence-corrected chi connectivity index (χ4v) is 3.58. The average Bonchev–Trinajstić information content (AvgIpc) is 2.43. The Morgan fingerprint density at radius 2 is 1.71 bits per heavy atom. The molecule has 0 saturated carbocycles. The van der Waals surface area contributed by atoms with Gasteiger partial charge in [0.2, 0.25) is 10.0 Å². The number of sulfonamides is 1. The van der Waals surface area contributed by atoms with Crippen molar-refractivity contribution in [3.8, 4) is 0 Å². The first-order valence-corrected chi connectivity index (χ1v) is 8.13. The number of anilines is 1. The Kier molecular flexibility index (Phi) is 4.34. The van der Waals surface area contributed by atoms with Crippen molar-refractivity contribution in [1.29, 1.82) is 0 Å². The average molecular weight is 304 g/mol. The molecule has 5 heteroatoms. The maximum absolute atomic E-state index is 12.7. The minimum atomic E-state index is -3.55. The summed E-state index contributed by atoms with van der Waals surface area (Å²) in [5.74, 6) is 0. The normalized spacial score (nSPS) is 11.8. The number of aryl methyl sites for hydroxylation is 2. The molecule has 0 unspecified atom stereocenters. The van der Waals surface area contributed by atoms with Crippen LogP contribution in [0.1, 0.15) is 16.7 Å². The molecule has 21 heavy (non-hydrogen) atoms. The molecule has 0 amide bonds. The molecule has 0 aliphatic carbocycles. The van der Waals surface area contributed by atoms with E-state index in [1.807, 2.05) is 31.2 Å². The van der Waals surface area contributed by atoms with Gasteiger partial charge in [-0.15, -0.1) is 0 Å². The van der Waals surface area contributed by atoms with Crippen LogP contribution < -0.4 is 5.73 Å². The van der Waals surface area contributed by atoms with E-state index in [1.165, 1.54) is 10.4 Å². The molecular formula is C16H20N2O2S. The summed E-state index contributed by atoms with van der Waals surface area (Å²) in [5, 5.41) is 0. The highest BCUT2D eigenvalue weighted by atomic mass is 32.2. The van der Waals surface area contributed by atoms with Crippen molar-refractivity contribution < 1.29 is 8.42 Å². The van der Waals surface area contributed by atoms with Crippen LogP contribution in [-0.2, 0) is 16.6 Å². The van der Waals surface area contributed by atoms with E-state index in [9.17, 15) is 8.42 Å². The zero-order valence-electron chi connectivity index (χ0n) is 12.5. The van der Waals surface area contributed by atoms with Crippen molar-refractivity contribution in [3.63, 3.8) is 0 Å². The van der Waals surface area contributed by atoms with E-state index in [-0.39, 0.29) is 4.90 Å². The second kappa shape index (κ2) is 5.87. The van der Waals surface area contributed by atoms with Gasteiger partial charge in [-0.2, -0.15) is 4.31 Å². The van der Waals surface area contributed by atoms with Gasteiger partial charge < -0.3 is 5.73 Å². The second-order valence-corrected chi connectivity index (χ2v) is 7.23. The predicted octanol–water partition coefficient (Wildman–Crippen LogP) is 2.71. The van der Waals surface area contributed by atoms with Crippen LogP contribution in [0.4, 0.5) is 5.69 Å². The van der Waals surface area contributed by atoms with Gasteiger partial charge >= 0.3 is 0 Å². The van der Waals surface area contributed by atoms with Crippen LogP contribution in [0, 0.1) is 13.8 Å². The Labute approximate surface area is 126 Å². The number of rotatable bonds is 4. The summed E-state index contributed by atoms with van der Waals surface area (Å²) in [6.45, 7) is 4.08. The van der Waals surface area contributed by atoms with E-state index in [1.54, 1.807) is 26.1 Å². The molecule has 0 bridgehead atoms. The van der Waals surface area contributed by atoms with Gasteiger partial charge in [0.15, 0.2) is 0 Å². The van der Waals surface area contributed by atoms with E-state index in [0.717, 1.165) is 11.1 Å². The fourth-order valence-electron chi connectivity index (χ4n) is 2.17. The minimum absolute atomic E-state index is 0.263. The second-order valence-electron chi connectivity index (χ2n) is 5.21. The monoisotopic (exact) mass is 304 g/mol. The van der Waals surface area contributed by atoms with Gasteiger partial charge in [0.05, 0.1) is 4.90 Å². The quantitative estimate of drug-likeness (QED) is 0.883. The molecule has 0 heterocycles. The summed E-state index contributed by atoms with van der Waals surface area (Å²) in [4.78, 5) is 0.263. The van der Waals surface area contributed by atoms with Gasteiger partial charge in [0, 0.05) is 19.3 Å². The molecule has 2 aromatic rings. The number of hydrogen-bond acceptors (Lipinski definition) is 3. The van der Waals surface area contributed by atoms with Crippen LogP contribution in [0.2, 0.25) is 0 Å². The Morgan fingerprint density at radius 3 is 2.38 bits per heavy atom. The van der Waals surface area contributed by atoms with Crippen LogP contribution in [0.3, 0.4) is 0 Å². The third kappa shape index (κ3) is 3.25. The van der Waals surface area contributed by atoms with E-state index in [4.69, 9.17) is 5.73 Å². The molecule has 0 aliphatic rings. The number of nitrogens with zero attached hydrogens (tertiary/aromatic N) is 1. The third-order valence-corrected chi connectivity index (χ3v) is 5.50. The Morgan fingerprint density at radius 1 is 1.05 bits per heavy atom. The minimum Gasteiger partial charge on any atom is -0.399 e. The highest BCUT2D eigenvalue weighted by molar-refractivity contribution is 7.89. The van der Waals surface area contributed by atoms with Gasteiger partial charge in [-0.05, 0) is 42.7 Å². The van der Waals surface area contributed by atoms with Crippen molar-refractivity contribution in [3.05, 3.63) is 59.2 Å². The van der Waals surface area contributed by atoms with E-state index >= 15 is 0 Å². The number of nitrogen functional groups attached to an aromatic ring is 1. The SMILES string of the molecule is Cc1ccccc1CN(C)S(=O)(=O)c1cc(N)ccc1C. The van der Waals surface area contributed by atoms with Crippen LogP contribution in [0.5, 0.6) is 0 Å². The van der Waals surface area contributed by atoms with Gasteiger partial charge in [0.1, 0.15) is 0 Å². The molecule has 0 atom stereocenters. The lowest BCUT2D eigenvalue weighted by Crippen LogP contribution is -2.27. The fraction of sp³-hybridized carbons (Fsp3) is 0.250. The van der Waals surface area contributed by atoms with Gasteiger partial charge in [-0.25, -0.2) is 8.42 Å². The van der Waals surface area contributed by atoms with E-state index < -0.39 is 10.0 Å². The van der Waals surface area contributed by atoms with Crippen molar-refractivity contribution >= 4 is 15.7 Å². The summed E-state index contributed by atoms with van der Waals surface area (Å²) in [7, 11) is -1.97. The summed E-state index contributed by atoms with van der Waals surface area (Å²) >= 11 is 0. The molecule has 0 aromatic heterocycles. The molecule has 0 saturated heterocycles. The van der Waals surface area contributed by atoms with Crippen molar-refractivity contribution in [2.75, 3.05) is 12.8 Å². The molecule has 2 aromatic carbocycles. The van der Waals surface area contributed by atoms with Crippen LogP contribution >= 0.6 is 0 Å². The Hall–Kier alpha value is -1.85. The van der Waals surface area contributed by atoms with Crippen molar-refractivity contribution in [2.24, 2.45) is 0 Å². The summed E-state index contributed by atoms with van der Waals surface area (Å²) in [6, 6.07) is 12.7. The lowest BCUT2D eigenvalue weighted by atomic mass is 10.1. The molecule has 0 aliphatic heterocycles. The predicted molar refractivity (Wildman–Crippen MR) is 85.4 cm³/mol. The zero-order valence-corrected chi connectivity index (χ0v) is 13.3. The molecule has 2 rings (SSSR count). The Bertz CT molecular complexity index is 755. The molecule has 112 valence electrons.